The van der Waals surface area contributed by atoms with Gasteiger partial charge >= 0.3 is 54.1 Å². The fraction of sp³-hybridized carbons (Fsp3) is 0.364. The second-order valence-electron chi connectivity index (χ2n) is 14.3. The van der Waals surface area contributed by atoms with Crippen LogP contribution in [0.15, 0.2) is 146 Å². The van der Waals surface area contributed by atoms with Crippen LogP contribution in [0.25, 0.3) is 0 Å². The molecular formula is C44H68ClLiO10Si6. The SMILES string of the molecule is C=C[Si](C)(C)O[Si](O[Si](OCC)(OCC)OCC)(c1ccccc1)c1ccccc1.C=C[Si](C)(C)O[Si](O[Si](OCC)(OCC)OCC)(c1ccccc1)c1ccccc1.[Cl-].[Li+]. The van der Waals surface area contributed by atoms with E-state index in [1.165, 1.54) is 0 Å². The summed E-state index contributed by atoms with van der Waals surface area (Å²) in [5.74, 6) is 0. The zero-order chi connectivity index (χ0) is 44.2. The summed E-state index contributed by atoms with van der Waals surface area (Å²) in [4.78, 5) is 0. The van der Waals surface area contributed by atoms with Crippen LogP contribution < -0.4 is 52.0 Å². The summed E-state index contributed by atoms with van der Waals surface area (Å²) in [6.45, 7) is 30.5. The third-order valence-electron chi connectivity index (χ3n) is 8.88. The predicted molar refractivity (Wildman–Crippen MR) is 257 cm³/mol. The van der Waals surface area contributed by atoms with Crippen LogP contribution in [0, 0.1) is 0 Å². The first-order valence-corrected chi connectivity index (χ1v) is 33.7. The summed E-state index contributed by atoms with van der Waals surface area (Å²) < 4.78 is 64.3. The summed E-state index contributed by atoms with van der Waals surface area (Å²) >= 11 is 0. The molecule has 0 saturated heterocycles. The molecule has 0 aromatic heterocycles. The van der Waals surface area contributed by atoms with E-state index in [-0.39, 0.29) is 31.3 Å². The van der Waals surface area contributed by atoms with Crippen molar-refractivity contribution in [1.82, 2.24) is 0 Å². The van der Waals surface area contributed by atoms with E-state index in [0.29, 0.717) is 39.6 Å². The summed E-state index contributed by atoms with van der Waals surface area (Å²) in [5, 5.41) is 3.92. The minimum Gasteiger partial charge on any atom is -1.00 e. The average Bonchev–Trinajstić information content (AvgIpc) is 3.25. The number of benzene rings is 4. The maximum absolute atomic E-state index is 6.97. The molecule has 18 heteroatoms. The Bertz CT molecular complexity index is 1580. The third kappa shape index (κ3) is 16.2. The number of halogens is 1. The number of rotatable bonds is 26. The van der Waals surface area contributed by atoms with Gasteiger partial charge in [0.05, 0.1) is 0 Å². The summed E-state index contributed by atoms with van der Waals surface area (Å²) in [7, 11) is -18.1. The number of hydrogen-bond donors (Lipinski definition) is 0. The molecule has 0 spiro atoms. The second-order valence-corrected chi connectivity index (χ2v) is 33.3. The van der Waals surface area contributed by atoms with Crippen LogP contribution in [0.4, 0.5) is 0 Å². The van der Waals surface area contributed by atoms with Crippen LogP contribution >= 0.6 is 0 Å². The summed E-state index contributed by atoms with van der Waals surface area (Å²) in [6.07, 6.45) is 0. The van der Waals surface area contributed by atoms with Gasteiger partial charge in [-0.25, -0.2) is 0 Å². The van der Waals surface area contributed by atoms with E-state index in [1.54, 1.807) is 0 Å². The summed E-state index contributed by atoms with van der Waals surface area (Å²) in [5.41, 5.74) is 3.85. The van der Waals surface area contributed by atoms with Crippen molar-refractivity contribution in [2.75, 3.05) is 39.6 Å². The Morgan fingerprint density at radius 3 is 0.726 bits per heavy atom. The van der Waals surface area contributed by atoms with Crippen molar-refractivity contribution in [2.24, 2.45) is 0 Å². The largest absolute Gasteiger partial charge is 1.00 e. The molecule has 0 heterocycles. The van der Waals surface area contributed by atoms with Gasteiger partial charge in [0.1, 0.15) is 0 Å². The van der Waals surface area contributed by atoms with E-state index in [9.17, 15) is 0 Å². The van der Waals surface area contributed by atoms with Gasteiger partial charge in [-0.2, -0.15) is 0 Å². The average molecular weight is 968 g/mol. The Kier molecular flexibility index (Phi) is 26.5. The van der Waals surface area contributed by atoms with Crippen molar-refractivity contribution in [3.63, 3.8) is 0 Å². The molecular weight excluding hydrogens is 899 g/mol. The molecule has 10 nitrogen and oxygen atoms in total. The van der Waals surface area contributed by atoms with Crippen molar-refractivity contribution in [1.29, 1.82) is 0 Å². The van der Waals surface area contributed by atoms with E-state index in [0.717, 1.165) is 20.7 Å². The molecule has 336 valence electrons. The zero-order valence-electron chi connectivity index (χ0n) is 38.8. The molecule has 0 fully saturated rings. The van der Waals surface area contributed by atoms with Crippen LogP contribution in [-0.4, -0.2) is 91.5 Å². The van der Waals surface area contributed by atoms with E-state index < -0.39 is 51.9 Å². The molecule has 62 heavy (non-hydrogen) atoms. The van der Waals surface area contributed by atoms with Crippen LogP contribution in [0.3, 0.4) is 0 Å². The molecule has 0 atom stereocenters. The fourth-order valence-electron chi connectivity index (χ4n) is 6.14. The standard InChI is InChI=1S/2C22H34O5Si3.ClH.Li/c2*1-7-23-30(24-8-2,25-9-3)27-29(26-28(5,6)10-4,21-17-13-11-14-18-21)22-19-15-12-16-20-22;;/h2*10-20H,4,7-9H2,1-3,5-6H3;1H;/q;;;+1/p-1. The third-order valence-corrected chi connectivity index (χ3v) is 29.9. The topological polar surface area (TPSA) is 92.3 Å². The first-order valence-electron chi connectivity index (χ1n) is 20.9. The molecule has 4 aromatic rings. The first kappa shape index (κ1) is 58.2. The molecule has 0 aliphatic heterocycles. The Balaban J connectivity index is 0.000000601. The van der Waals surface area contributed by atoms with Gasteiger partial charge in [0.15, 0.2) is 0 Å². The first-order chi connectivity index (χ1) is 28.7. The van der Waals surface area contributed by atoms with Gasteiger partial charge in [-0.15, -0.1) is 13.2 Å². The van der Waals surface area contributed by atoms with E-state index in [2.05, 4.69) is 87.9 Å². The van der Waals surface area contributed by atoms with Crippen molar-refractivity contribution in [2.45, 2.75) is 67.7 Å². The Morgan fingerprint density at radius 1 is 0.371 bits per heavy atom. The van der Waals surface area contributed by atoms with Crippen molar-refractivity contribution >= 4 is 72.6 Å². The van der Waals surface area contributed by atoms with Crippen LogP contribution in [0.1, 0.15) is 41.5 Å². The molecule has 0 amide bonds. The molecule has 0 bridgehead atoms. The van der Waals surface area contributed by atoms with Gasteiger partial charge in [-0.1, -0.05) is 133 Å². The molecule has 0 radical (unpaired) electrons. The van der Waals surface area contributed by atoms with E-state index >= 15 is 0 Å². The molecule has 4 aromatic carbocycles. The monoisotopic (exact) mass is 966 g/mol. The molecule has 0 aliphatic carbocycles. The maximum Gasteiger partial charge on any atom is 1.00 e. The Hall–Kier alpha value is -1.85. The molecule has 0 saturated carbocycles. The molecule has 4 rings (SSSR count). The molecule has 0 aliphatic rings. The second kappa shape index (κ2) is 28.2. The van der Waals surface area contributed by atoms with Gasteiger partial charge in [0, 0.05) is 39.6 Å². The van der Waals surface area contributed by atoms with Crippen molar-refractivity contribution < 1.29 is 74.3 Å². The van der Waals surface area contributed by atoms with Crippen molar-refractivity contribution in [3.8, 4) is 0 Å². The van der Waals surface area contributed by atoms with Gasteiger partial charge in [-0.3, -0.25) is 0 Å². The van der Waals surface area contributed by atoms with Crippen molar-refractivity contribution in [3.05, 3.63) is 146 Å². The van der Waals surface area contributed by atoms with Gasteiger partial charge in [0.25, 0.3) is 0 Å². The molecule has 0 N–H and O–H groups in total. The zero-order valence-corrected chi connectivity index (χ0v) is 45.6. The summed E-state index contributed by atoms with van der Waals surface area (Å²) in [6, 6.07) is 40.4. The van der Waals surface area contributed by atoms with Gasteiger partial charge in [0.2, 0.25) is 16.6 Å². The van der Waals surface area contributed by atoms with Gasteiger partial charge in [-0.05, 0) is 88.5 Å². The minimum absolute atomic E-state index is 0. The van der Waals surface area contributed by atoms with Crippen LogP contribution in [-0.2, 0) is 43.0 Å². The minimum atomic E-state index is -3.48. The smallest absolute Gasteiger partial charge is 1.00 e. The normalized spacial score (nSPS) is 12.3. The van der Waals surface area contributed by atoms with E-state index in [4.69, 9.17) is 43.0 Å². The predicted octanol–water partition coefficient (Wildman–Crippen LogP) is 1.51. The Labute approximate surface area is 397 Å². The van der Waals surface area contributed by atoms with Crippen LogP contribution in [0.2, 0.25) is 26.2 Å². The van der Waals surface area contributed by atoms with E-state index in [1.807, 2.05) is 126 Å². The molecule has 0 unspecified atom stereocenters. The quantitative estimate of drug-likeness (QED) is 0.0865. The number of hydrogen-bond acceptors (Lipinski definition) is 10. The fourth-order valence-corrected chi connectivity index (χ4v) is 27.6. The maximum atomic E-state index is 6.97. The van der Waals surface area contributed by atoms with Gasteiger partial charge < -0.3 is 55.4 Å². The Morgan fingerprint density at radius 2 is 0.565 bits per heavy atom. The van der Waals surface area contributed by atoms with Crippen LogP contribution in [0.5, 0.6) is 0 Å².